The standard InChI is InChI=1S/C11H11NO3/c1-15-10-8(5-3-7-12)4-2-6-9(10)11(13)14/h2,4,6H,7,12H2,1H3,(H,13,14). The van der Waals surface area contributed by atoms with Crippen molar-refractivity contribution in [3.8, 4) is 17.6 Å². The van der Waals surface area contributed by atoms with Gasteiger partial charge in [0.15, 0.2) is 0 Å². The van der Waals surface area contributed by atoms with Gasteiger partial charge in [0.05, 0.1) is 19.2 Å². The highest BCUT2D eigenvalue weighted by atomic mass is 16.5. The number of nitrogens with two attached hydrogens (primary N) is 1. The number of ether oxygens (including phenoxy) is 1. The molecule has 0 saturated carbocycles. The third kappa shape index (κ3) is 2.48. The first-order chi connectivity index (χ1) is 7.20. The van der Waals surface area contributed by atoms with Crippen LogP contribution in [0.1, 0.15) is 15.9 Å². The van der Waals surface area contributed by atoms with Gasteiger partial charge in [-0.25, -0.2) is 4.79 Å². The van der Waals surface area contributed by atoms with Crippen molar-refractivity contribution in [2.45, 2.75) is 0 Å². The van der Waals surface area contributed by atoms with Crippen LogP contribution in [0, 0.1) is 11.8 Å². The Hall–Kier alpha value is -1.99. The van der Waals surface area contributed by atoms with Crippen LogP contribution >= 0.6 is 0 Å². The van der Waals surface area contributed by atoms with Gasteiger partial charge in [-0.2, -0.15) is 0 Å². The first-order valence-electron chi connectivity index (χ1n) is 4.30. The Morgan fingerprint density at radius 1 is 1.60 bits per heavy atom. The summed E-state index contributed by atoms with van der Waals surface area (Å²) in [5.41, 5.74) is 5.86. The molecule has 0 aliphatic carbocycles. The molecule has 4 heteroatoms. The summed E-state index contributed by atoms with van der Waals surface area (Å²) in [6, 6.07) is 4.77. The highest BCUT2D eigenvalue weighted by Crippen LogP contribution is 2.22. The number of benzene rings is 1. The SMILES string of the molecule is COc1c(C#CCN)cccc1C(=O)O. The van der Waals surface area contributed by atoms with Crippen molar-refractivity contribution in [1.29, 1.82) is 0 Å². The van der Waals surface area contributed by atoms with Crippen LogP contribution in [0.2, 0.25) is 0 Å². The summed E-state index contributed by atoms with van der Waals surface area (Å²) in [6.45, 7) is 0.223. The average molecular weight is 205 g/mol. The maximum Gasteiger partial charge on any atom is 0.339 e. The summed E-state index contributed by atoms with van der Waals surface area (Å²) in [5, 5.41) is 8.89. The molecular weight excluding hydrogens is 194 g/mol. The van der Waals surface area contributed by atoms with Gasteiger partial charge in [0, 0.05) is 0 Å². The molecule has 0 aliphatic rings. The lowest BCUT2D eigenvalue weighted by Crippen LogP contribution is -2.02. The van der Waals surface area contributed by atoms with E-state index in [1.54, 1.807) is 12.1 Å². The Kier molecular flexibility index (Phi) is 3.72. The number of aromatic carboxylic acids is 1. The van der Waals surface area contributed by atoms with E-state index in [4.69, 9.17) is 15.6 Å². The average Bonchev–Trinajstić information content (AvgIpc) is 2.25. The number of methoxy groups -OCH3 is 1. The van der Waals surface area contributed by atoms with Crippen molar-refractivity contribution in [1.82, 2.24) is 0 Å². The van der Waals surface area contributed by atoms with Crippen LogP contribution in [0.15, 0.2) is 18.2 Å². The fourth-order valence-electron chi connectivity index (χ4n) is 1.17. The van der Waals surface area contributed by atoms with Crippen molar-refractivity contribution >= 4 is 5.97 Å². The van der Waals surface area contributed by atoms with E-state index >= 15 is 0 Å². The van der Waals surface area contributed by atoms with Crippen LogP contribution in [0.4, 0.5) is 0 Å². The minimum Gasteiger partial charge on any atom is -0.495 e. The van der Waals surface area contributed by atoms with E-state index in [0.29, 0.717) is 5.56 Å². The molecule has 0 saturated heterocycles. The molecule has 0 fully saturated rings. The fraction of sp³-hybridized carbons (Fsp3) is 0.182. The summed E-state index contributed by atoms with van der Waals surface area (Å²) < 4.78 is 5.01. The van der Waals surface area contributed by atoms with Gasteiger partial charge in [-0.15, -0.1) is 0 Å². The van der Waals surface area contributed by atoms with Gasteiger partial charge in [0.25, 0.3) is 0 Å². The molecule has 0 amide bonds. The van der Waals surface area contributed by atoms with Gasteiger partial charge >= 0.3 is 5.97 Å². The smallest absolute Gasteiger partial charge is 0.339 e. The molecule has 3 N–H and O–H groups in total. The lowest BCUT2D eigenvalue weighted by Gasteiger charge is -2.06. The predicted molar refractivity (Wildman–Crippen MR) is 55.9 cm³/mol. The van der Waals surface area contributed by atoms with E-state index in [1.807, 2.05) is 0 Å². The van der Waals surface area contributed by atoms with Crippen LogP contribution in [-0.4, -0.2) is 24.7 Å². The van der Waals surface area contributed by atoms with Gasteiger partial charge < -0.3 is 15.6 Å². The number of carboxylic acid groups (broad SMARTS) is 1. The molecule has 0 atom stereocenters. The summed E-state index contributed by atoms with van der Waals surface area (Å²) in [4.78, 5) is 10.9. The molecule has 0 bridgehead atoms. The van der Waals surface area contributed by atoms with E-state index in [-0.39, 0.29) is 17.9 Å². The zero-order valence-corrected chi connectivity index (χ0v) is 8.28. The van der Waals surface area contributed by atoms with Crippen LogP contribution < -0.4 is 10.5 Å². The second-order valence-electron chi connectivity index (χ2n) is 2.70. The molecular formula is C11H11NO3. The molecule has 15 heavy (non-hydrogen) atoms. The molecule has 4 nitrogen and oxygen atoms in total. The lowest BCUT2D eigenvalue weighted by atomic mass is 10.1. The Morgan fingerprint density at radius 2 is 2.33 bits per heavy atom. The molecule has 0 radical (unpaired) electrons. The topological polar surface area (TPSA) is 72.5 Å². The maximum atomic E-state index is 10.9. The molecule has 1 aromatic rings. The number of carboxylic acids is 1. The molecule has 0 spiro atoms. The van der Waals surface area contributed by atoms with Crippen LogP contribution in [0.5, 0.6) is 5.75 Å². The zero-order valence-electron chi connectivity index (χ0n) is 8.28. The third-order valence-electron chi connectivity index (χ3n) is 1.77. The molecule has 0 aromatic heterocycles. The maximum absolute atomic E-state index is 10.9. The van der Waals surface area contributed by atoms with Crippen molar-refractivity contribution in [3.63, 3.8) is 0 Å². The van der Waals surface area contributed by atoms with E-state index in [0.717, 1.165) is 0 Å². The second-order valence-corrected chi connectivity index (χ2v) is 2.70. The molecule has 0 aliphatic heterocycles. The zero-order chi connectivity index (χ0) is 11.3. The van der Waals surface area contributed by atoms with Gasteiger partial charge in [-0.3, -0.25) is 0 Å². The minimum atomic E-state index is -1.04. The van der Waals surface area contributed by atoms with Crippen molar-refractivity contribution in [2.24, 2.45) is 5.73 Å². The van der Waals surface area contributed by atoms with Crippen molar-refractivity contribution in [3.05, 3.63) is 29.3 Å². The largest absolute Gasteiger partial charge is 0.495 e. The van der Waals surface area contributed by atoms with Crippen molar-refractivity contribution in [2.75, 3.05) is 13.7 Å². The monoisotopic (exact) mass is 205 g/mol. The number of para-hydroxylation sites is 1. The Balaban J connectivity index is 3.28. The number of hydrogen-bond acceptors (Lipinski definition) is 3. The number of rotatable bonds is 2. The quantitative estimate of drug-likeness (QED) is 0.697. The Morgan fingerprint density at radius 3 is 2.87 bits per heavy atom. The van der Waals surface area contributed by atoms with E-state index < -0.39 is 5.97 Å². The Labute approximate surface area is 87.7 Å². The molecule has 0 unspecified atom stereocenters. The molecule has 0 heterocycles. The molecule has 1 rings (SSSR count). The van der Waals surface area contributed by atoms with Gasteiger partial charge in [0.1, 0.15) is 11.3 Å². The molecule has 1 aromatic carbocycles. The summed E-state index contributed by atoms with van der Waals surface area (Å²) in [5.74, 6) is 4.64. The van der Waals surface area contributed by atoms with E-state index in [1.165, 1.54) is 13.2 Å². The fourth-order valence-corrected chi connectivity index (χ4v) is 1.17. The number of hydrogen-bond donors (Lipinski definition) is 2. The first-order valence-corrected chi connectivity index (χ1v) is 4.30. The minimum absolute atomic E-state index is 0.0984. The highest BCUT2D eigenvalue weighted by molar-refractivity contribution is 5.91. The normalized spacial score (nSPS) is 8.93. The van der Waals surface area contributed by atoms with Crippen LogP contribution in [0.3, 0.4) is 0 Å². The summed E-state index contributed by atoms with van der Waals surface area (Å²) >= 11 is 0. The van der Waals surface area contributed by atoms with Crippen LogP contribution in [-0.2, 0) is 0 Å². The van der Waals surface area contributed by atoms with Gasteiger partial charge in [-0.05, 0) is 12.1 Å². The van der Waals surface area contributed by atoms with Gasteiger partial charge in [-0.1, -0.05) is 17.9 Å². The third-order valence-corrected chi connectivity index (χ3v) is 1.77. The lowest BCUT2D eigenvalue weighted by molar-refractivity contribution is 0.0693. The van der Waals surface area contributed by atoms with E-state index in [9.17, 15) is 4.79 Å². The number of carbonyl (C=O) groups is 1. The second kappa shape index (κ2) is 5.03. The van der Waals surface area contributed by atoms with E-state index in [2.05, 4.69) is 11.8 Å². The Bertz CT molecular complexity index is 429. The summed E-state index contributed by atoms with van der Waals surface area (Å²) in [7, 11) is 1.41. The van der Waals surface area contributed by atoms with Crippen LogP contribution in [0.25, 0.3) is 0 Å². The highest BCUT2D eigenvalue weighted by Gasteiger charge is 2.12. The van der Waals surface area contributed by atoms with Crippen molar-refractivity contribution < 1.29 is 14.6 Å². The first kappa shape index (κ1) is 11.1. The van der Waals surface area contributed by atoms with Gasteiger partial charge in [0.2, 0.25) is 0 Å². The predicted octanol–water partition coefficient (Wildman–Crippen LogP) is 0.704. The summed E-state index contributed by atoms with van der Waals surface area (Å²) in [6.07, 6.45) is 0. The molecule has 78 valence electrons.